The standard InChI is InChI=1S/C20H17F3N4O/c21-20(22,23)15-6-8-16(9-7-15)25-18-11-10-17(26-27-18)19(28)24-13-12-14-4-2-1-3-5-14/h1-11H,12-13H2,(H,24,28)(H,25,27). The predicted octanol–water partition coefficient (Wildman–Crippen LogP) is 4.21. The summed E-state index contributed by atoms with van der Waals surface area (Å²) in [4.78, 5) is 12.1. The van der Waals surface area contributed by atoms with Gasteiger partial charge in [0.2, 0.25) is 0 Å². The number of rotatable bonds is 6. The normalized spacial score (nSPS) is 11.1. The molecule has 1 heterocycles. The number of nitrogens with zero attached hydrogens (tertiary/aromatic N) is 2. The molecule has 1 aromatic heterocycles. The van der Waals surface area contributed by atoms with Gasteiger partial charge < -0.3 is 10.6 Å². The van der Waals surface area contributed by atoms with Crippen LogP contribution in [-0.2, 0) is 12.6 Å². The van der Waals surface area contributed by atoms with Crippen molar-refractivity contribution in [3.63, 3.8) is 0 Å². The average molecular weight is 386 g/mol. The van der Waals surface area contributed by atoms with Crippen molar-refractivity contribution >= 4 is 17.4 Å². The molecule has 0 bridgehead atoms. The van der Waals surface area contributed by atoms with Crippen LogP contribution in [0.5, 0.6) is 0 Å². The summed E-state index contributed by atoms with van der Waals surface area (Å²) >= 11 is 0. The van der Waals surface area contributed by atoms with E-state index in [9.17, 15) is 18.0 Å². The van der Waals surface area contributed by atoms with Crippen LogP contribution in [0.3, 0.4) is 0 Å². The summed E-state index contributed by atoms with van der Waals surface area (Å²) in [5, 5.41) is 13.4. The number of benzene rings is 2. The lowest BCUT2D eigenvalue weighted by Gasteiger charge is -2.09. The first-order valence-corrected chi connectivity index (χ1v) is 8.52. The van der Waals surface area contributed by atoms with E-state index < -0.39 is 11.7 Å². The lowest BCUT2D eigenvalue weighted by molar-refractivity contribution is -0.137. The third-order valence-electron chi connectivity index (χ3n) is 3.92. The van der Waals surface area contributed by atoms with Crippen molar-refractivity contribution in [2.24, 2.45) is 0 Å². The molecule has 0 spiro atoms. The van der Waals surface area contributed by atoms with E-state index in [-0.39, 0.29) is 11.6 Å². The third-order valence-corrected chi connectivity index (χ3v) is 3.92. The van der Waals surface area contributed by atoms with E-state index >= 15 is 0 Å². The number of hydrogen-bond acceptors (Lipinski definition) is 4. The Labute approximate surface area is 159 Å². The van der Waals surface area contributed by atoms with Crippen molar-refractivity contribution in [1.29, 1.82) is 0 Å². The fourth-order valence-electron chi connectivity index (χ4n) is 2.47. The molecule has 0 radical (unpaired) electrons. The lowest BCUT2D eigenvalue weighted by Crippen LogP contribution is -2.26. The van der Waals surface area contributed by atoms with Crippen molar-refractivity contribution in [3.8, 4) is 0 Å². The fraction of sp³-hybridized carbons (Fsp3) is 0.150. The summed E-state index contributed by atoms with van der Waals surface area (Å²) in [6, 6.07) is 17.3. The number of anilines is 2. The molecule has 0 saturated carbocycles. The molecule has 0 unspecified atom stereocenters. The van der Waals surface area contributed by atoms with Crippen molar-refractivity contribution < 1.29 is 18.0 Å². The number of aromatic nitrogens is 2. The van der Waals surface area contributed by atoms with Gasteiger partial charge in [-0.05, 0) is 48.4 Å². The zero-order valence-corrected chi connectivity index (χ0v) is 14.7. The van der Waals surface area contributed by atoms with E-state index in [1.54, 1.807) is 0 Å². The molecule has 0 aliphatic carbocycles. The second-order valence-electron chi connectivity index (χ2n) is 6.00. The quantitative estimate of drug-likeness (QED) is 0.666. The fourth-order valence-corrected chi connectivity index (χ4v) is 2.47. The Morgan fingerprint density at radius 3 is 2.21 bits per heavy atom. The SMILES string of the molecule is O=C(NCCc1ccccc1)c1ccc(Nc2ccc(C(F)(F)F)cc2)nn1. The highest BCUT2D eigenvalue weighted by Crippen LogP contribution is 2.30. The first-order chi connectivity index (χ1) is 13.4. The Morgan fingerprint density at radius 1 is 0.893 bits per heavy atom. The van der Waals surface area contributed by atoms with Crippen molar-refractivity contribution in [2.75, 3.05) is 11.9 Å². The Morgan fingerprint density at radius 2 is 1.61 bits per heavy atom. The second kappa shape index (κ2) is 8.51. The van der Waals surface area contributed by atoms with Gasteiger partial charge in [-0.25, -0.2) is 0 Å². The van der Waals surface area contributed by atoms with Gasteiger partial charge in [0.05, 0.1) is 5.56 Å². The number of halogens is 3. The highest BCUT2D eigenvalue weighted by atomic mass is 19.4. The molecule has 144 valence electrons. The molecule has 5 nitrogen and oxygen atoms in total. The van der Waals surface area contributed by atoms with Crippen molar-refractivity contribution in [2.45, 2.75) is 12.6 Å². The molecule has 0 atom stereocenters. The topological polar surface area (TPSA) is 66.9 Å². The molecular formula is C20H17F3N4O. The van der Waals surface area contributed by atoms with E-state index in [0.717, 1.165) is 17.7 Å². The molecule has 28 heavy (non-hydrogen) atoms. The lowest BCUT2D eigenvalue weighted by atomic mass is 10.1. The van der Waals surface area contributed by atoms with Crippen LogP contribution in [0.15, 0.2) is 66.7 Å². The highest BCUT2D eigenvalue weighted by Gasteiger charge is 2.29. The summed E-state index contributed by atoms with van der Waals surface area (Å²) in [6.07, 6.45) is -3.68. The Hall–Kier alpha value is -3.42. The van der Waals surface area contributed by atoms with Gasteiger partial charge in [0.1, 0.15) is 0 Å². The van der Waals surface area contributed by atoms with Crippen LogP contribution in [-0.4, -0.2) is 22.6 Å². The zero-order valence-electron chi connectivity index (χ0n) is 14.7. The van der Waals surface area contributed by atoms with Crippen molar-refractivity contribution in [1.82, 2.24) is 15.5 Å². The minimum Gasteiger partial charge on any atom is -0.350 e. The number of alkyl halides is 3. The Bertz CT molecular complexity index is 911. The summed E-state index contributed by atoms with van der Waals surface area (Å²) in [5.74, 6) is -0.0231. The van der Waals surface area contributed by atoms with Gasteiger partial charge in [-0.2, -0.15) is 13.2 Å². The van der Waals surface area contributed by atoms with E-state index in [1.165, 1.54) is 24.3 Å². The highest BCUT2D eigenvalue weighted by molar-refractivity contribution is 5.92. The molecule has 0 aliphatic heterocycles. The molecule has 3 rings (SSSR count). The van der Waals surface area contributed by atoms with E-state index in [4.69, 9.17) is 0 Å². The summed E-state index contributed by atoms with van der Waals surface area (Å²) in [5.41, 5.74) is 0.977. The van der Waals surface area contributed by atoms with Crippen molar-refractivity contribution in [3.05, 3.63) is 83.6 Å². The molecule has 0 aliphatic rings. The maximum Gasteiger partial charge on any atom is 0.416 e. The molecule has 2 N–H and O–H groups in total. The number of hydrogen-bond donors (Lipinski definition) is 2. The predicted molar refractivity (Wildman–Crippen MR) is 99.2 cm³/mol. The van der Waals surface area contributed by atoms with Crippen LogP contribution in [0.4, 0.5) is 24.7 Å². The zero-order chi connectivity index (χ0) is 20.0. The monoisotopic (exact) mass is 386 g/mol. The Kier molecular flexibility index (Phi) is 5.88. The average Bonchev–Trinajstić information content (AvgIpc) is 2.69. The molecular weight excluding hydrogens is 369 g/mol. The minimum absolute atomic E-state index is 0.158. The number of carbonyl (C=O) groups is 1. The van der Waals surface area contributed by atoms with Gasteiger partial charge in [-0.3, -0.25) is 4.79 Å². The largest absolute Gasteiger partial charge is 0.416 e. The molecule has 2 aromatic carbocycles. The van der Waals surface area contributed by atoms with E-state index in [2.05, 4.69) is 20.8 Å². The summed E-state index contributed by atoms with van der Waals surface area (Å²) in [6.45, 7) is 0.468. The first-order valence-electron chi connectivity index (χ1n) is 8.52. The molecule has 0 fully saturated rings. The molecule has 8 heteroatoms. The van der Waals surface area contributed by atoms with E-state index in [1.807, 2.05) is 30.3 Å². The van der Waals surface area contributed by atoms with E-state index in [0.29, 0.717) is 24.5 Å². The van der Waals surface area contributed by atoms with Crippen LogP contribution in [0.2, 0.25) is 0 Å². The van der Waals surface area contributed by atoms with Gasteiger partial charge in [-0.15, -0.1) is 10.2 Å². The van der Waals surface area contributed by atoms with Gasteiger partial charge in [0.15, 0.2) is 11.5 Å². The van der Waals surface area contributed by atoms with Crippen LogP contribution in [0, 0.1) is 0 Å². The second-order valence-corrected chi connectivity index (χ2v) is 6.00. The van der Waals surface area contributed by atoms with Crippen LogP contribution in [0.1, 0.15) is 21.6 Å². The third kappa shape index (κ3) is 5.29. The summed E-state index contributed by atoms with van der Waals surface area (Å²) < 4.78 is 37.7. The molecule has 0 saturated heterocycles. The Balaban J connectivity index is 1.53. The number of nitrogens with one attached hydrogen (secondary N) is 2. The number of carbonyl (C=O) groups excluding carboxylic acids is 1. The van der Waals surface area contributed by atoms with Crippen LogP contribution < -0.4 is 10.6 Å². The van der Waals surface area contributed by atoms with Crippen LogP contribution >= 0.6 is 0 Å². The maximum absolute atomic E-state index is 12.6. The number of amides is 1. The van der Waals surface area contributed by atoms with Gasteiger partial charge in [-0.1, -0.05) is 30.3 Å². The van der Waals surface area contributed by atoms with Crippen LogP contribution in [0.25, 0.3) is 0 Å². The van der Waals surface area contributed by atoms with Gasteiger partial charge in [0.25, 0.3) is 5.91 Å². The smallest absolute Gasteiger partial charge is 0.350 e. The molecule has 1 amide bonds. The first kappa shape index (κ1) is 19.3. The maximum atomic E-state index is 12.6. The summed E-state index contributed by atoms with van der Waals surface area (Å²) in [7, 11) is 0. The molecule has 3 aromatic rings. The van der Waals surface area contributed by atoms with Gasteiger partial charge >= 0.3 is 6.18 Å². The minimum atomic E-state index is -4.38. The van der Waals surface area contributed by atoms with Gasteiger partial charge in [0, 0.05) is 12.2 Å².